The lowest BCUT2D eigenvalue weighted by atomic mass is 9.84. The van der Waals surface area contributed by atoms with Crippen molar-refractivity contribution < 1.29 is 9.53 Å². The number of nitrogens with one attached hydrogen (secondary N) is 4. The maximum Gasteiger partial charge on any atom is 0.238 e. The van der Waals surface area contributed by atoms with Crippen LogP contribution in [-0.4, -0.2) is 44.7 Å². The molecular formula is C18H28N4O2. The second-order valence-corrected chi connectivity index (χ2v) is 7.36. The summed E-state index contributed by atoms with van der Waals surface area (Å²) in [6.07, 6.45) is 1.05. The zero-order valence-corrected chi connectivity index (χ0v) is 14.7. The van der Waals surface area contributed by atoms with Gasteiger partial charge in [0.25, 0.3) is 0 Å². The summed E-state index contributed by atoms with van der Waals surface area (Å²) in [5.41, 5.74) is 7.42. The molecule has 1 aromatic rings. The first-order valence-electron chi connectivity index (χ1n) is 8.65. The van der Waals surface area contributed by atoms with Gasteiger partial charge in [-0.25, -0.2) is 5.43 Å². The van der Waals surface area contributed by atoms with E-state index in [0.717, 1.165) is 30.8 Å². The summed E-state index contributed by atoms with van der Waals surface area (Å²) < 4.78 is 5.30. The van der Waals surface area contributed by atoms with Crippen LogP contribution in [0.1, 0.15) is 25.8 Å². The molecule has 4 N–H and O–H groups in total. The van der Waals surface area contributed by atoms with Crippen molar-refractivity contribution in [3.05, 3.63) is 29.8 Å². The first-order valence-corrected chi connectivity index (χ1v) is 8.65. The summed E-state index contributed by atoms with van der Waals surface area (Å²) in [5, 5.41) is 6.50. The van der Waals surface area contributed by atoms with E-state index >= 15 is 0 Å². The van der Waals surface area contributed by atoms with Crippen molar-refractivity contribution in [2.24, 2.45) is 5.92 Å². The van der Waals surface area contributed by atoms with Crippen LogP contribution in [0.15, 0.2) is 24.3 Å². The van der Waals surface area contributed by atoms with Gasteiger partial charge in [-0.1, -0.05) is 26.0 Å². The number of rotatable bonds is 5. The highest BCUT2D eigenvalue weighted by atomic mass is 16.5. The lowest BCUT2D eigenvalue weighted by molar-refractivity contribution is -0.124. The van der Waals surface area contributed by atoms with Gasteiger partial charge in [-0.2, -0.15) is 0 Å². The highest BCUT2D eigenvalue weighted by molar-refractivity contribution is 5.82. The largest absolute Gasteiger partial charge is 0.497 e. The van der Waals surface area contributed by atoms with E-state index in [1.807, 2.05) is 18.2 Å². The predicted octanol–water partition coefficient (Wildman–Crippen LogP) is 0.544. The minimum atomic E-state index is -0.177. The van der Waals surface area contributed by atoms with E-state index in [-0.39, 0.29) is 17.4 Å². The van der Waals surface area contributed by atoms with Gasteiger partial charge in [0.2, 0.25) is 5.91 Å². The van der Waals surface area contributed by atoms with E-state index < -0.39 is 0 Å². The molecule has 3 rings (SSSR count). The zero-order chi connectivity index (χ0) is 17.2. The fourth-order valence-corrected chi connectivity index (χ4v) is 3.54. The maximum absolute atomic E-state index is 12.6. The Morgan fingerprint density at radius 2 is 2.21 bits per heavy atom. The van der Waals surface area contributed by atoms with E-state index in [2.05, 4.69) is 41.4 Å². The van der Waals surface area contributed by atoms with Crippen molar-refractivity contribution in [3.8, 4) is 5.75 Å². The lowest BCUT2D eigenvalue weighted by Crippen LogP contribution is -2.51. The molecule has 132 valence electrons. The molecule has 0 aromatic heterocycles. The number of ether oxygens (including phenoxy) is 1. The average Bonchev–Trinajstić information content (AvgIpc) is 3.04. The van der Waals surface area contributed by atoms with Gasteiger partial charge in [-0.3, -0.25) is 10.2 Å². The molecule has 2 heterocycles. The zero-order valence-electron chi connectivity index (χ0n) is 14.7. The molecular weight excluding hydrogens is 304 g/mol. The van der Waals surface area contributed by atoms with Gasteiger partial charge in [0.1, 0.15) is 11.8 Å². The van der Waals surface area contributed by atoms with Crippen molar-refractivity contribution in [2.75, 3.05) is 26.7 Å². The first-order chi connectivity index (χ1) is 11.5. The Hall–Kier alpha value is -1.63. The Kier molecular flexibility index (Phi) is 5.08. The molecule has 3 atom stereocenters. The molecule has 3 unspecified atom stereocenters. The van der Waals surface area contributed by atoms with E-state index in [1.165, 1.54) is 0 Å². The highest BCUT2D eigenvalue weighted by Crippen LogP contribution is 2.26. The second kappa shape index (κ2) is 7.09. The molecule has 6 nitrogen and oxygen atoms in total. The van der Waals surface area contributed by atoms with E-state index in [9.17, 15) is 4.79 Å². The normalized spacial score (nSPS) is 26.7. The summed E-state index contributed by atoms with van der Waals surface area (Å²) in [7, 11) is 1.67. The van der Waals surface area contributed by atoms with Crippen molar-refractivity contribution in [2.45, 2.75) is 37.8 Å². The van der Waals surface area contributed by atoms with Crippen LogP contribution in [-0.2, 0) is 10.2 Å². The van der Waals surface area contributed by atoms with Crippen LogP contribution in [0.25, 0.3) is 0 Å². The Bertz CT molecular complexity index is 590. The fraction of sp³-hybridized carbons (Fsp3) is 0.611. The van der Waals surface area contributed by atoms with Crippen LogP contribution in [0.3, 0.4) is 0 Å². The maximum atomic E-state index is 12.6. The van der Waals surface area contributed by atoms with E-state index in [4.69, 9.17) is 4.74 Å². The standard InChI is InChI=1S/C18H28N4O2/c1-18(2,12-5-4-6-13(9-12)24-3)11-20-17(23)16-14-10-19-8-7-15(14)21-22-16/h4-6,9,14-16,19,21-22H,7-8,10-11H2,1-3H3,(H,20,23). The van der Waals surface area contributed by atoms with Crippen molar-refractivity contribution in [3.63, 3.8) is 0 Å². The second-order valence-electron chi connectivity index (χ2n) is 7.36. The van der Waals surface area contributed by atoms with Gasteiger partial charge < -0.3 is 15.4 Å². The molecule has 1 amide bonds. The molecule has 0 spiro atoms. The molecule has 24 heavy (non-hydrogen) atoms. The van der Waals surface area contributed by atoms with Crippen LogP contribution in [0.4, 0.5) is 0 Å². The minimum absolute atomic E-state index is 0.0645. The number of carbonyl (C=O) groups excluding carboxylic acids is 1. The Morgan fingerprint density at radius 1 is 1.38 bits per heavy atom. The quantitative estimate of drug-likeness (QED) is 0.633. The number of hydrogen-bond acceptors (Lipinski definition) is 5. The molecule has 0 bridgehead atoms. The Morgan fingerprint density at radius 3 is 3.00 bits per heavy atom. The Balaban J connectivity index is 1.60. The number of piperidine rings is 1. The fourth-order valence-electron chi connectivity index (χ4n) is 3.54. The van der Waals surface area contributed by atoms with Crippen molar-refractivity contribution in [1.82, 2.24) is 21.5 Å². The van der Waals surface area contributed by atoms with Crippen molar-refractivity contribution in [1.29, 1.82) is 0 Å². The van der Waals surface area contributed by atoms with E-state index in [1.54, 1.807) is 7.11 Å². The van der Waals surface area contributed by atoms with Crippen molar-refractivity contribution >= 4 is 5.91 Å². The summed E-state index contributed by atoms with van der Waals surface area (Å²) >= 11 is 0. The summed E-state index contributed by atoms with van der Waals surface area (Å²) in [6, 6.07) is 8.23. The predicted molar refractivity (Wildman–Crippen MR) is 93.9 cm³/mol. The average molecular weight is 332 g/mol. The third-order valence-electron chi connectivity index (χ3n) is 5.22. The SMILES string of the molecule is COc1cccc(C(C)(C)CNC(=O)C2NNC3CCNCC32)c1. The topological polar surface area (TPSA) is 74.4 Å². The minimum Gasteiger partial charge on any atom is -0.497 e. The van der Waals surface area contributed by atoms with Crippen LogP contribution in [0.5, 0.6) is 5.75 Å². The number of methoxy groups -OCH3 is 1. The molecule has 6 heteroatoms. The van der Waals surface area contributed by atoms with Crippen LogP contribution in [0, 0.1) is 5.92 Å². The molecule has 2 aliphatic heterocycles. The number of hydrogen-bond donors (Lipinski definition) is 4. The summed E-state index contributed by atoms with van der Waals surface area (Å²) in [5.74, 6) is 1.21. The monoisotopic (exact) mass is 332 g/mol. The number of fused-ring (bicyclic) bond motifs is 1. The third-order valence-corrected chi connectivity index (χ3v) is 5.22. The lowest BCUT2D eigenvalue weighted by Gasteiger charge is -2.29. The van der Waals surface area contributed by atoms with Crippen LogP contribution in [0.2, 0.25) is 0 Å². The molecule has 0 saturated carbocycles. The molecule has 2 aliphatic rings. The smallest absolute Gasteiger partial charge is 0.238 e. The number of carbonyl (C=O) groups is 1. The molecule has 2 saturated heterocycles. The first kappa shape index (κ1) is 17.2. The van der Waals surface area contributed by atoms with Gasteiger partial charge in [-0.05, 0) is 30.7 Å². The molecule has 1 aromatic carbocycles. The summed E-state index contributed by atoms with van der Waals surface area (Å²) in [4.78, 5) is 12.6. The highest BCUT2D eigenvalue weighted by Gasteiger charge is 2.41. The summed E-state index contributed by atoms with van der Waals surface area (Å²) in [6.45, 7) is 6.73. The van der Waals surface area contributed by atoms with Gasteiger partial charge in [0.05, 0.1) is 7.11 Å². The van der Waals surface area contributed by atoms with Crippen LogP contribution < -0.4 is 26.2 Å². The Labute approximate surface area is 143 Å². The number of amides is 1. The van der Waals surface area contributed by atoms with Gasteiger partial charge >= 0.3 is 0 Å². The molecule has 0 aliphatic carbocycles. The number of benzene rings is 1. The van der Waals surface area contributed by atoms with Gasteiger partial charge in [-0.15, -0.1) is 0 Å². The molecule has 2 fully saturated rings. The van der Waals surface area contributed by atoms with Gasteiger partial charge in [0.15, 0.2) is 0 Å². The van der Waals surface area contributed by atoms with Gasteiger partial charge in [0, 0.05) is 30.5 Å². The number of hydrazine groups is 1. The third kappa shape index (κ3) is 3.55. The van der Waals surface area contributed by atoms with E-state index in [0.29, 0.717) is 18.5 Å². The molecule has 0 radical (unpaired) electrons. The van der Waals surface area contributed by atoms with Crippen LogP contribution >= 0.6 is 0 Å².